The molecule has 1 amide bonds. The number of halogens is 4. The number of hydrogen-bond donors (Lipinski definition) is 1. The summed E-state index contributed by atoms with van der Waals surface area (Å²) in [6, 6.07) is 8.93. The Morgan fingerprint density at radius 2 is 1.53 bits per heavy atom. The van der Waals surface area contributed by atoms with Crippen LogP contribution in [0.1, 0.15) is 44.7 Å². The SMILES string of the molecule is CC(C)(F)C[C@H](N)C(=O)N([C@@H](c1ccc(-c2ccc(S(C)(=O)=O)cc2)cc1)C(F)(F)F)C1(C#N)CC1. The summed E-state index contributed by atoms with van der Waals surface area (Å²) >= 11 is 0. The molecule has 1 aliphatic rings. The third kappa shape index (κ3) is 6.05. The first kappa shape index (κ1) is 27.6. The van der Waals surface area contributed by atoms with Crippen LogP contribution in [0.3, 0.4) is 0 Å². The highest BCUT2D eigenvalue weighted by Gasteiger charge is 2.60. The zero-order chi connectivity index (χ0) is 27.1. The molecule has 11 heteroatoms. The monoisotopic (exact) mass is 525 g/mol. The van der Waals surface area contributed by atoms with Crippen molar-refractivity contribution in [1.29, 1.82) is 5.26 Å². The van der Waals surface area contributed by atoms with Crippen LogP contribution in [0.5, 0.6) is 0 Å². The van der Waals surface area contributed by atoms with E-state index >= 15 is 0 Å². The van der Waals surface area contributed by atoms with Crippen LogP contribution in [0.2, 0.25) is 0 Å². The standard InChI is InChI=1S/C25H27F4N3O3S/c1-23(2,26)14-20(31)22(33)32(24(15-30)12-13-24)21(25(27,28)29)18-6-4-16(5-7-18)17-8-10-19(11-9-17)36(3,34)35/h4-11,20-21H,12-14,31H2,1-3H3/t20-,21-/m0/s1. The Morgan fingerprint density at radius 3 is 1.89 bits per heavy atom. The van der Waals surface area contributed by atoms with Gasteiger partial charge in [-0.2, -0.15) is 18.4 Å². The van der Waals surface area contributed by atoms with Crippen LogP contribution in [-0.4, -0.2) is 48.9 Å². The lowest BCUT2D eigenvalue weighted by molar-refractivity contribution is -0.198. The van der Waals surface area contributed by atoms with Crippen LogP contribution in [0.25, 0.3) is 11.1 Å². The lowest BCUT2D eigenvalue weighted by atomic mass is 9.95. The molecule has 6 nitrogen and oxygen atoms in total. The molecule has 0 heterocycles. The van der Waals surface area contributed by atoms with E-state index in [4.69, 9.17) is 5.73 Å². The number of benzene rings is 2. The van der Waals surface area contributed by atoms with E-state index in [9.17, 15) is 36.0 Å². The summed E-state index contributed by atoms with van der Waals surface area (Å²) in [5.41, 5.74) is 3.09. The molecule has 0 aliphatic heterocycles. The van der Waals surface area contributed by atoms with Gasteiger partial charge in [0.05, 0.1) is 17.0 Å². The summed E-state index contributed by atoms with van der Waals surface area (Å²) in [6.07, 6.45) is -4.27. The first-order chi connectivity index (χ1) is 16.5. The number of carbonyl (C=O) groups is 1. The van der Waals surface area contributed by atoms with Crippen molar-refractivity contribution in [3.63, 3.8) is 0 Å². The Labute approximate surface area is 207 Å². The fraction of sp³-hybridized carbons (Fsp3) is 0.440. The fourth-order valence-electron chi connectivity index (χ4n) is 4.14. The van der Waals surface area contributed by atoms with Crippen LogP contribution in [0, 0.1) is 11.3 Å². The Balaban J connectivity index is 2.01. The second kappa shape index (κ2) is 9.48. The van der Waals surface area contributed by atoms with Gasteiger partial charge in [-0.05, 0) is 55.5 Å². The summed E-state index contributed by atoms with van der Waals surface area (Å²) in [7, 11) is -3.41. The molecule has 194 valence electrons. The molecule has 1 saturated carbocycles. The second-order valence-electron chi connectivity index (χ2n) is 9.74. The van der Waals surface area contributed by atoms with Gasteiger partial charge in [0.15, 0.2) is 15.9 Å². The summed E-state index contributed by atoms with van der Waals surface area (Å²) < 4.78 is 80.7. The van der Waals surface area contributed by atoms with Gasteiger partial charge in [-0.15, -0.1) is 0 Å². The zero-order valence-corrected chi connectivity index (χ0v) is 20.8. The number of alkyl halides is 4. The highest BCUT2D eigenvalue weighted by atomic mass is 32.2. The second-order valence-corrected chi connectivity index (χ2v) is 11.8. The topological polar surface area (TPSA) is 104 Å². The molecule has 2 aromatic carbocycles. The summed E-state index contributed by atoms with van der Waals surface area (Å²) in [5, 5.41) is 9.66. The average Bonchev–Trinajstić information content (AvgIpc) is 3.55. The van der Waals surface area contributed by atoms with Gasteiger partial charge in [0, 0.05) is 12.7 Å². The van der Waals surface area contributed by atoms with Crippen LogP contribution in [-0.2, 0) is 14.6 Å². The number of nitrogens with zero attached hydrogens (tertiary/aromatic N) is 2. The third-order valence-corrected chi connectivity index (χ3v) is 7.19. The zero-order valence-electron chi connectivity index (χ0n) is 20.0. The van der Waals surface area contributed by atoms with Crippen molar-refractivity contribution < 1.29 is 30.8 Å². The maximum Gasteiger partial charge on any atom is 0.413 e. The van der Waals surface area contributed by atoms with Crippen molar-refractivity contribution in [2.45, 2.75) is 67.5 Å². The van der Waals surface area contributed by atoms with E-state index in [2.05, 4.69) is 0 Å². The van der Waals surface area contributed by atoms with Crippen LogP contribution < -0.4 is 5.73 Å². The maximum atomic E-state index is 14.4. The first-order valence-electron chi connectivity index (χ1n) is 11.1. The smallest absolute Gasteiger partial charge is 0.320 e. The molecule has 0 saturated heterocycles. The Morgan fingerprint density at radius 1 is 1.06 bits per heavy atom. The van der Waals surface area contributed by atoms with E-state index in [0.717, 1.165) is 6.26 Å². The van der Waals surface area contributed by atoms with E-state index < -0.39 is 51.6 Å². The minimum absolute atomic E-state index is 0.0539. The van der Waals surface area contributed by atoms with Crippen molar-refractivity contribution in [2.24, 2.45) is 5.73 Å². The van der Waals surface area contributed by atoms with E-state index in [1.165, 1.54) is 62.4 Å². The molecule has 0 radical (unpaired) electrons. The Bertz CT molecular complexity index is 1260. The molecule has 0 unspecified atom stereocenters. The molecule has 1 fully saturated rings. The van der Waals surface area contributed by atoms with Gasteiger partial charge in [0.25, 0.3) is 0 Å². The summed E-state index contributed by atoms with van der Waals surface area (Å²) in [4.78, 5) is 13.8. The highest BCUT2D eigenvalue weighted by Crippen LogP contribution is 2.50. The first-order valence-corrected chi connectivity index (χ1v) is 13.0. The molecule has 2 N–H and O–H groups in total. The predicted molar refractivity (Wildman–Crippen MR) is 126 cm³/mol. The molecule has 2 atom stereocenters. The number of carbonyl (C=O) groups excluding carboxylic acids is 1. The third-order valence-electron chi connectivity index (χ3n) is 6.06. The van der Waals surface area contributed by atoms with Gasteiger partial charge in [-0.3, -0.25) is 4.79 Å². The minimum Gasteiger partial charge on any atom is -0.320 e. The van der Waals surface area contributed by atoms with Gasteiger partial charge in [0.1, 0.15) is 11.2 Å². The number of sulfone groups is 1. The van der Waals surface area contributed by atoms with Crippen LogP contribution in [0.4, 0.5) is 17.6 Å². The van der Waals surface area contributed by atoms with E-state index in [0.29, 0.717) is 16.0 Å². The Hall–Kier alpha value is -2.97. The molecule has 1 aliphatic carbocycles. The lowest BCUT2D eigenvalue weighted by Gasteiger charge is -2.38. The van der Waals surface area contributed by atoms with Gasteiger partial charge >= 0.3 is 6.18 Å². The van der Waals surface area contributed by atoms with Crippen molar-refractivity contribution in [1.82, 2.24) is 4.90 Å². The van der Waals surface area contributed by atoms with Gasteiger partial charge in [0.2, 0.25) is 5.91 Å². The van der Waals surface area contributed by atoms with Crippen molar-refractivity contribution in [3.05, 3.63) is 54.1 Å². The fourth-order valence-corrected chi connectivity index (χ4v) is 4.77. The predicted octanol–water partition coefficient (Wildman–Crippen LogP) is 4.71. The number of rotatable bonds is 8. The van der Waals surface area contributed by atoms with Gasteiger partial charge < -0.3 is 10.6 Å². The largest absolute Gasteiger partial charge is 0.413 e. The lowest BCUT2D eigenvalue weighted by Crippen LogP contribution is -2.55. The average molecular weight is 526 g/mol. The van der Waals surface area contributed by atoms with E-state index in [1.807, 2.05) is 6.07 Å². The molecule has 0 bridgehead atoms. The van der Waals surface area contributed by atoms with E-state index in [1.54, 1.807) is 0 Å². The minimum atomic E-state index is -4.94. The summed E-state index contributed by atoms with van der Waals surface area (Å²) in [5.74, 6) is -1.14. The number of nitrogens with two attached hydrogens (primary N) is 1. The molecular formula is C25H27F4N3O3S. The maximum absolute atomic E-state index is 14.4. The van der Waals surface area contributed by atoms with Crippen molar-refractivity contribution in [3.8, 4) is 17.2 Å². The number of nitriles is 1. The molecule has 36 heavy (non-hydrogen) atoms. The number of hydrogen-bond acceptors (Lipinski definition) is 5. The van der Waals surface area contributed by atoms with E-state index in [-0.39, 0.29) is 23.3 Å². The number of amides is 1. The van der Waals surface area contributed by atoms with Crippen LogP contribution in [0.15, 0.2) is 53.4 Å². The van der Waals surface area contributed by atoms with Gasteiger partial charge in [-0.1, -0.05) is 36.4 Å². The summed E-state index contributed by atoms with van der Waals surface area (Å²) in [6.45, 7) is 2.34. The normalized spacial score (nSPS) is 17.1. The van der Waals surface area contributed by atoms with Crippen molar-refractivity contribution >= 4 is 15.7 Å². The molecule has 3 rings (SSSR count). The molecule has 0 aromatic heterocycles. The highest BCUT2D eigenvalue weighted by molar-refractivity contribution is 7.90. The van der Waals surface area contributed by atoms with Crippen molar-refractivity contribution in [2.75, 3.05) is 6.26 Å². The molecule has 0 spiro atoms. The Kier molecular flexibility index (Phi) is 7.27. The quantitative estimate of drug-likeness (QED) is 0.503. The molecule has 2 aromatic rings. The van der Waals surface area contributed by atoms with Gasteiger partial charge in [-0.25, -0.2) is 12.8 Å². The molecular weight excluding hydrogens is 498 g/mol. The van der Waals surface area contributed by atoms with Crippen LogP contribution >= 0.6 is 0 Å².